The lowest BCUT2D eigenvalue weighted by Gasteiger charge is -2.09. The van der Waals surface area contributed by atoms with Gasteiger partial charge >= 0.3 is 0 Å². The van der Waals surface area contributed by atoms with Crippen molar-refractivity contribution < 1.29 is 14.3 Å². The molecular weight excluding hydrogens is 230 g/mol. The smallest absolute Gasteiger partial charge is 0.248 e. The first-order chi connectivity index (χ1) is 7.63. The van der Waals surface area contributed by atoms with E-state index in [1.54, 1.807) is 24.3 Å². The van der Waals surface area contributed by atoms with Crippen molar-refractivity contribution in [3.05, 3.63) is 46.5 Å². The maximum Gasteiger partial charge on any atom is 0.248 e. The van der Waals surface area contributed by atoms with Crippen LogP contribution in [-0.4, -0.2) is 12.9 Å². The third-order valence-electron chi connectivity index (χ3n) is 2.31. The minimum atomic E-state index is -0.729. The minimum absolute atomic E-state index is 0.0208. The van der Waals surface area contributed by atoms with Gasteiger partial charge < -0.3 is 15.2 Å². The van der Waals surface area contributed by atoms with Crippen molar-refractivity contribution >= 4 is 17.4 Å². The normalized spacial score (nSPS) is 19.9. The molecule has 0 saturated heterocycles. The Bertz CT molecular complexity index is 453. The largest absolute Gasteiger partial charge is 0.489 e. The highest BCUT2D eigenvalue weighted by Gasteiger charge is 2.36. The predicted molar refractivity (Wildman–Crippen MR) is 58.5 cm³/mol. The Morgan fingerprint density at radius 1 is 1.38 bits per heavy atom. The van der Waals surface area contributed by atoms with Gasteiger partial charge in [-0.15, -0.1) is 0 Å². The van der Waals surface area contributed by atoms with Gasteiger partial charge in [0, 0.05) is 10.6 Å². The van der Waals surface area contributed by atoms with E-state index < -0.39 is 6.10 Å². The number of benzene rings is 1. The molecule has 1 aromatic carbocycles. The fourth-order valence-corrected chi connectivity index (χ4v) is 1.66. The fraction of sp³-hybridized carbons (Fsp3) is 0.182. The first-order valence-corrected chi connectivity index (χ1v) is 5.01. The molecule has 0 bridgehead atoms. The second-order valence-electron chi connectivity index (χ2n) is 3.31. The van der Waals surface area contributed by atoms with E-state index in [0.29, 0.717) is 10.6 Å². The maximum atomic E-state index is 11.8. The summed E-state index contributed by atoms with van der Waals surface area (Å²) in [5.41, 5.74) is 6.22. The molecule has 1 aromatic rings. The number of ketones is 1. The molecule has 1 aliphatic heterocycles. The Labute approximate surface area is 97.6 Å². The lowest BCUT2D eigenvalue weighted by molar-refractivity contribution is -0.123. The molecule has 16 heavy (non-hydrogen) atoms. The molecule has 1 aliphatic rings. The molecule has 0 amide bonds. The van der Waals surface area contributed by atoms with Crippen LogP contribution in [0.2, 0.25) is 5.02 Å². The van der Waals surface area contributed by atoms with Gasteiger partial charge in [-0.1, -0.05) is 23.7 Å². The molecule has 0 aliphatic carbocycles. The minimum Gasteiger partial charge on any atom is -0.489 e. The molecular formula is C11H10ClNO3. The lowest BCUT2D eigenvalue weighted by Crippen LogP contribution is -2.10. The summed E-state index contributed by atoms with van der Waals surface area (Å²) in [6.45, 7) is 0. The van der Waals surface area contributed by atoms with Crippen molar-refractivity contribution in [3.63, 3.8) is 0 Å². The molecule has 1 heterocycles. The van der Waals surface area contributed by atoms with Gasteiger partial charge in [-0.25, -0.2) is 0 Å². The van der Waals surface area contributed by atoms with Crippen LogP contribution in [0.1, 0.15) is 11.7 Å². The summed E-state index contributed by atoms with van der Waals surface area (Å²) in [6.07, 6.45) is -0.729. The molecule has 4 nitrogen and oxygen atoms in total. The van der Waals surface area contributed by atoms with Crippen molar-refractivity contribution in [1.82, 2.24) is 0 Å². The summed E-state index contributed by atoms with van der Waals surface area (Å²) in [6, 6.07) is 6.82. The van der Waals surface area contributed by atoms with E-state index in [1.807, 2.05) is 0 Å². The van der Waals surface area contributed by atoms with E-state index in [1.165, 1.54) is 7.11 Å². The molecule has 1 atom stereocenters. The summed E-state index contributed by atoms with van der Waals surface area (Å²) in [4.78, 5) is 11.8. The number of hydrogen-bond donors (Lipinski definition) is 1. The SMILES string of the molecule is COC1=C(N)OC(c2ccc(Cl)cc2)C1=O. The van der Waals surface area contributed by atoms with Gasteiger partial charge in [-0.3, -0.25) is 4.79 Å². The van der Waals surface area contributed by atoms with Gasteiger partial charge in [0.05, 0.1) is 7.11 Å². The van der Waals surface area contributed by atoms with Gasteiger partial charge in [0.1, 0.15) is 0 Å². The number of carbonyl (C=O) groups is 1. The first kappa shape index (κ1) is 10.8. The molecule has 5 heteroatoms. The van der Waals surface area contributed by atoms with Crippen LogP contribution in [0.3, 0.4) is 0 Å². The molecule has 2 N–H and O–H groups in total. The molecule has 84 valence electrons. The third kappa shape index (κ3) is 1.72. The van der Waals surface area contributed by atoms with E-state index >= 15 is 0 Å². The molecule has 0 saturated carbocycles. The predicted octanol–water partition coefficient (Wildman–Crippen LogP) is 1.75. The zero-order valence-electron chi connectivity index (χ0n) is 8.57. The van der Waals surface area contributed by atoms with Gasteiger partial charge in [0.15, 0.2) is 6.10 Å². The number of carbonyl (C=O) groups excluding carboxylic acids is 1. The van der Waals surface area contributed by atoms with Crippen LogP contribution in [0.4, 0.5) is 0 Å². The Balaban J connectivity index is 2.27. The second kappa shape index (κ2) is 4.06. The number of Topliss-reactive ketones (excluding diaryl/α,β-unsaturated/α-hetero) is 1. The van der Waals surface area contributed by atoms with Crippen LogP contribution in [0.15, 0.2) is 35.9 Å². The van der Waals surface area contributed by atoms with Crippen LogP contribution in [0, 0.1) is 0 Å². The van der Waals surface area contributed by atoms with Crippen LogP contribution >= 0.6 is 11.6 Å². The number of halogens is 1. The first-order valence-electron chi connectivity index (χ1n) is 4.63. The van der Waals surface area contributed by atoms with Gasteiger partial charge in [-0.05, 0) is 12.1 Å². The van der Waals surface area contributed by atoms with Crippen molar-refractivity contribution in [1.29, 1.82) is 0 Å². The number of hydrogen-bond acceptors (Lipinski definition) is 4. The van der Waals surface area contributed by atoms with Gasteiger partial charge in [-0.2, -0.15) is 0 Å². The fourth-order valence-electron chi connectivity index (χ4n) is 1.53. The molecule has 0 aromatic heterocycles. The van der Waals surface area contributed by atoms with E-state index in [4.69, 9.17) is 26.8 Å². The summed E-state index contributed by atoms with van der Waals surface area (Å²) < 4.78 is 10.1. The number of nitrogens with two attached hydrogens (primary N) is 1. The van der Waals surface area contributed by atoms with E-state index in [9.17, 15) is 4.79 Å². The molecule has 2 rings (SSSR count). The summed E-state index contributed by atoms with van der Waals surface area (Å²) in [7, 11) is 1.38. The van der Waals surface area contributed by atoms with Crippen molar-refractivity contribution in [2.75, 3.05) is 7.11 Å². The average Bonchev–Trinajstić information content (AvgIpc) is 2.55. The van der Waals surface area contributed by atoms with Gasteiger partial charge in [0.2, 0.25) is 17.4 Å². The quantitative estimate of drug-likeness (QED) is 0.854. The van der Waals surface area contributed by atoms with Crippen LogP contribution in [0.25, 0.3) is 0 Å². The van der Waals surface area contributed by atoms with Crippen molar-refractivity contribution in [2.24, 2.45) is 5.73 Å². The van der Waals surface area contributed by atoms with E-state index in [0.717, 1.165) is 0 Å². The average molecular weight is 240 g/mol. The van der Waals surface area contributed by atoms with Gasteiger partial charge in [0.25, 0.3) is 0 Å². The number of methoxy groups -OCH3 is 1. The molecule has 0 radical (unpaired) electrons. The van der Waals surface area contributed by atoms with Crippen LogP contribution in [0.5, 0.6) is 0 Å². The highest BCUT2D eigenvalue weighted by Crippen LogP contribution is 2.31. The monoisotopic (exact) mass is 239 g/mol. The topological polar surface area (TPSA) is 61.6 Å². The highest BCUT2D eigenvalue weighted by molar-refractivity contribution is 6.30. The van der Waals surface area contributed by atoms with Crippen molar-refractivity contribution in [2.45, 2.75) is 6.10 Å². The Hall–Kier alpha value is -1.68. The van der Waals surface area contributed by atoms with E-state index in [-0.39, 0.29) is 17.4 Å². The Kier molecular flexibility index (Phi) is 2.75. The third-order valence-corrected chi connectivity index (χ3v) is 2.56. The summed E-state index contributed by atoms with van der Waals surface area (Å²) in [5.74, 6) is -0.185. The van der Waals surface area contributed by atoms with Crippen molar-refractivity contribution in [3.8, 4) is 0 Å². The van der Waals surface area contributed by atoms with E-state index in [2.05, 4.69) is 0 Å². The maximum absolute atomic E-state index is 11.8. The molecule has 1 unspecified atom stereocenters. The van der Waals surface area contributed by atoms with Crippen LogP contribution < -0.4 is 5.73 Å². The standard InChI is InChI=1S/C11H10ClNO3/c1-15-10-8(14)9(16-11(10)13)6-2-4-7(12)5-3-6/h2-5,9H,13H2,1H3. The second-order valence-corrected chi connectivity index (χ2v) is 3.75. The zero-order chi connectivity index (χ0) is 11.7. The Morgan fingerprint density at radius 2 is 2.00 bits per heavy atom. The number of ether oxygens (including phenoxy) is 2. The van der Waals surface area contributed by atoms with Crippen LogP contribution in [-0.2, 0) is 14.3 Å². The molecule has 0 fully saturated rings. The Morgan fingerprint density at radius 3 is 2.50 bits per heavy atom. The summed E-state index contributed by atoms with van der Waals surface area (Å²) >= 11 is 5.75. The highest BCUT2D eigenvalue weighted by atomic mass is 35.5. The number of rotatable bonds is 2. The molecule has 0 spiro atoms. The summed E-state index contributed by atoms with van der Waals surface area (Å²) in [5, 5.41) is 0.599. The lowest BCUT2D eigenvalue weighted by atomic mass is 10.1. The zero-order valence-corrected chi connectivity index (χ0v) is 9.32.